The minimum Gasteiger partial charge on any atom is -1.00 e. The summed E-state index contributed by atoms with van der Waals surface area (Å²) in [5.74, 6) is 0. The summed E-state index contributed by atoms with van der Waals surface area (Å²) in [6, 6.07) is 0. The van der Waals surface area contributed by atoms with E-state index in [1.165, 1.54) is 0 Å². The molecule has 0 spiro atoms. The zero-order valence-corrected chi connectivity index (χ0v) is 4.17. The van der Waals surface area contributed by atoms with Crippen LogP contribution < -0.4 is 0 Å². The van der Waals surface area contributed by atoms with Crippen LogP contribution in [0.25, 0.3) is 0 Å². The summed E-state index contributed by atoms with van der Waals surface area (Å²) in [4.78, 5) is 0. The van der Waals surface area contributed by atoms with Crippen LogP contribution in [0.2, 0.25) is 0 Å². The van der Waals surface area contributed by atoms with Crippen molar-refractivity contribution in [1.29, 1.82) is 0 Å². The van der Waals surface area contributed by atoms with Crippen LogP contribution >= 0.6 is 0 Å². The van der Waals surface area contributed by atoms with Gasteiger partial charge in [0.15, 0.2) is 0 Å². The Morgan fingerprint density at radius 2 is 0.286 bits per heavy atom. The Morgan fingerprint density at radius 3 is 0.286 bits per heavy atom. The van der Waals surface area contributed by atoms with Gasteiger partial charge in [-0.25, -0.2) is 0 Å². The fraction of sp³-hybridized carbons (Fsp3) is 0. The van der Waals surface area contributed by atoms with Gasteiger partial charge in [-0.2, -0.15) is 0 Å². The van der Waals surface area contributed by atoms with Crippen LogP contribution in [0.1, 0.15) is 0 Å². The van der Waals surface area contributed by atoms with Gasteiger partial charge in [0.1, 0.15) is 0 Å². The minimum atomic E-state index is 0. The van der Waals surface area contributed by atoms with Crippen molar-refractivity contribution in [3.63, 3.8) is 0 Å². The number of hydrogen-bond acceptors (Lipinski definition) is 0. The summed E-state index contributed by atoms with van der Waals surface area (Å²) in [5, 5.41) is 0. The molecule has 0 aromatic rings. The maximum Gasteiger partial charge on any atom is 2.00 e. The largest absolute Gasteiger partial charge is 2.00 e. The molecule has 24 radical (unpaired) electrons. The molecule has 0 atom stereocenters. The standard InChI is InChI=1S/6B.Be/q6*-1;+2. The predicted molar refractivity (Wildman–Crippen MR) is 40.3 cm³/mol. The fourth-order valence-corrected chi connectivity index (χ4v) is 0. The Labute approximate surface area is 61.3 Å². The van der Waals surface area contributed by atoms with E-state index in [-0.39, 0.29) is 60.6 Å². The van der Waals surface area contributed by atoms with Crippen LogP contribution in [0.4, 0.5) is 0 Å². The smallest absolute Gasteiger partial charge is 1.00 e. The topological polar surface area (TPSA) is 0 Å². The maximum absolute atomic E-state index is 0. The number of rotatable bonds is 0. The zero-order chi connectivity index (χ0) is 0. The van der Waals surface area contributed by atoms with Crippen molar-refractivity contribution in [1.82, 2.24) is 0 Å². The molecule has 7 heavy (non-hydrogen) atoms. The molecule has 0 saturated carbocycles. The molecule has 0 saturated heterocycles. The van der Waals surface area contributed by atoms with Crippen LogP contribution in [0, 0.1) is 0 Å². The molecule has 0 rings (SSSR count). The van der Waals surface area contributed by atoms with Gasteiger partial charge in [-0.1, -0.05) is 0 Å². The molecule has 7 heteroatoms. The van der Waals surface area contributed by atoms with Crippen LogP contribution in [0.3, 0.4) is 0 Å². The van der Waals surface area contributed by atoms with Crippen molar-refractivity contribution in [2.24, 2.45) is 0 Å². The maximum atomic E-state index is 0. The molecule has 24 valence electrons. The second-order valence-corrected chi connectivity index (χ2v) is 0. The molecule has 0 aliphatic carbocycles. The molecule has 0 aromatic carbocycles. The Bertz CT molecular complexity index is 4.14. The van der Waals surface area contributed by atoms with Gasteiger partial charge in [-0.3, -0.25) is 0 Å². The average molecular weight is 73.9 g/mol. The van der Waals surface area contributed by atoms with Gasteiger partial charge in [0.25, 0.3) is 0 Å². The second-order valence-electron chi connectivity index (χ2n) is 0. The van der Waals surface area contributed by atoms with Gasteiger partial charge < -0.3 is 50.5 Å². The molecule has 0 N–H and O–H groups in total. The molecular weight excluding hydrogens is 73.9 g/mol. The van der Waals surface area contributed by atoms with E-state index in [1.54, 1.807) is 0 Å². The summed E-state index contributed by atoms with van der Waals surface area (Å²) in [7, 11) is 0. The zero-order valence-electron chi connectivity index (χ0n) is 4.17. The summed E-state index contributed by atoms with van der Waals surface area (Å²) >= 11 is 0. The normalized spacial score (nSPS) is 0. The Balaban J connectivity index is 0. The summed E-state index contributed by atoms with van der Waals surface area (Å²) < 4.78 is 0. The average Bonchev–Trinajstić information content (AvgIpc) is 0. The van der Waals surface area contributed by atoms with Crippen molar-refractivity contribution >= 4 is 60.6 Å². The summed E-state index contributed by atoms with van der Waals surface area (Å²) in [6.07, 6.45) is 0. The van der Waals surface area contributed by atoms with Crippen molar-refractivity contribution in [2.75, 3.05) is 0 Å². The Morgan fingerprint density at radius 1 is 0.286 bits per heavy atom. The summed E-state index contributed by atoms with van der Waals surface area (Å²) in [6.45, 7) is 0. The quantitative estimate of drug-likeness (QED) is 0.275. The Hall–Kier alpha value is 0.558. The van der Waals surface area contributed by atoms with Gasteiger partial charge >= 0.3 is 10.1 Å². The van der Waals surface area contributed by atoms with Crippen LogP contribution in [-0.2, 0) is 0 Å². The van der Waals surface area contributed by atoms with Crippen LogP contribution in [0.15, 0.2) is 0 Å². The molecular formula is B6Be-4. The third kappa shape index (κ3) is 437. The molecule has 0 aromatic heterocycles. The first-order valence-electron chi connectivity index (χ1n) is 0. The van der Waals surface area contributed by atoms with Crippen molar-refractivity contribution in [2.45, 2.75) is 0 Å². The van der Waals surface area contributed by atoms with Crippen molar-refractivity contribution in [3.05, 3.63) is 0 Å². The first kappa shape index (κ1) is 1040. The van der Waals surface area contributed by atoms with E-state index >= 15 is 0 Å². The van der Waals surface area contributed by atoms with Gasteiger partial charge in [0.05, 0.1) is 0 Å². The first-order chi connectivity index (χ1) is 0. The molecule has 0 aliphatic rings. The first-order valence-corrected chi connectivity index (χ1v) is 0. The monoisotopic (exact) mass is 75.1 g/mol. The molecule has 0 fully saturated rings. The molecule has 0 nitrogen and oxygen atoms in total. The van der Waals surface area contributed by atoms with E-state index in [0.717, 1.165) is 0 Å². The van der Waals surface area contributed by atoms with Gasteiger partial charge in [0, 0.05) is 0 Å². The molecule has 0 bridgehead atoms. The van der Waals surface area contributed by atoms with E-state index in [1.807, 2.05) is 0 Å². The van der Waals surface area contributed by atoms with Gasteiger partial charge in [0.2, 0.25) is 0 Å². The second kappa shape index (κ2) is 650. The Kier molecular flexibility index (Phi) is 96800. The van der Waals surface area contributed by atoms with Crippen LogP contribution in [0.5, 0.6) is 0 Å². The van der Waals surface area contributed by atoms with Gasteiger partial charge in [-0.15, -0.1) is 0 Å². The van der Waals surface area contributed by atoms with E-state index < -0.39 is 0 Å². The minimum absolute atomic E-state index is 0. The van der Waals surface area contributed by atoms with E-state index in [2.05, 4.69) is 0 Å². The van der Waals surface area contributed by atoms with Crippen molar-refractivity contribution in [3.8, 4) is 0 Å². The van der Waals surface area contributed by atoms with E-state index in [0.29, 0.717) is 0 Å². The third-order valence-corrected chi connectivity index (χ3v) is 0. The summed E-state index contributed by atoms with van der Waals surface area (Å²) in [5.41, 5.74) is 0. The molecule has 0 amide bonds. The fourth-order valence-electron chi connectivity index (χ4n) is 0. The SMILES string of the molecule is [B-].[B-].[B-].[B-].[B-].[B-].[Be+2]. The third-order valence-electron chi connectivity index (χ3n) is 0. The molecule has 0 unspecified atom stereocenters. The van der Waals surface area contributed by atoms with Crippen LogP contribution in [-0.4, -0.2) is 60.6 Å². The van der Waals surface area contributed by atoms with E-state index in [9.17, 15) is 0 Å². The molecule has 0 aliphatic heterocycles. The van der Waals surface area contributed by atoms with Crippen molar-refractivity contribution < 1.29 is 0 Å². The van der Waals surface area contributed by atoms with E-state index in [4.69, 9.17) is 0 Å². The predicted octanol–water partition coefficient (Wildman–Crippen LogP) is -2.67. The van der Waals surface area contributed by atoms with Gasteiger partial charge in [-0.05, 0) is 0 Å². The number of hydrogen-bond donors (Lipinski definition) is 0. The molecule has 0 heterocycles.